The number of amides is 1. The third kappa shape index (κ3) is 3.98. The first-order chi connectivity index (χ1) is 12.0. The lowest BCUT2D eigenvalue weighted by Gasteiger charge is -2.11. The molecule has 4 nitrogen and oxygen atoms in total. The number of thiocarbonyl (C=S) groups is 1. The highest BCUT2D eigenvalue weighted by Crippen LogP contribution is 2.26. The van der Waals surface area contributed by atoms with Crippen LogP contribution in [0.4, 0.5) is 5.82 Å². The summed E-state index contributed by atoms with van der Waals surface area (Å²) >= 11 is 14.8. The van der Waals surface area contributed by atoms with Gasteiger partial charge in [-0.15, -0.1) is 0 Å². The van der Waals surface area contributed by atoms with Crippen molar-refractivity contribution in [1.29, 1.82) is 0 Å². The number of nitrogens with zero attached hydrogens (tertiary/aromatic N) is 1. The summed E-state index contributed by atoms with van der Waals surface area (Å²) in [4.78, 5) is 16.9. The van der Waals surface area contributed by atoms with Crippen LogP contribution in [-0.2, 0) is 0 Å². The minimum absolute atomic E-state index is 0.179. The molecule has 0 aliphatic heterocycles. The summed E-state index contributed by atoms with van der Waals surface area (Å²) in [5, 5.41) is 7.96. The van der Waals surface area contributed by atoms with E-state index < -0.39 is 0 Å². The smallest absolute Gasteiger partial charge is 0.258 e. The molecule has 2 N–H and O–H groups in total. The van der Waals surface area contributed by atoms with Crippen molar-refractivity contribution in [2.45, 2.75) is 6.92 Å². The number of anilines is 1. The van der Waals surface area contributed by atoms with E-state index in [1.807, 2.05) is 31.2 Å². The second kappa shape index (κ2) is 7.47. The van der Waals surface area contributed by atoms with Crippen molar-refractivity contribution in [3.05, 3.63) is 69.3 Å². The van der Waals surface area contributed by atoms with E-state index in [0.29, 0.717) is 16.4 Å². The van der Waals surface area contributed by atoms with Gasteiger partial charge in [0, 0.05) is 20.4 Å². The Labute approximate surface area is 163 Å². The monoisotopic (exact) mass is 433 g/mol. The second-order valence-corrected chi connectivity index (χ2v) is 6.98. The number of aryl methyl sites for hydroxylation is 1. The number of pyridine rings is 1. The lowest BCUT2D eigenvalue weighted by atomic mass is 10.0. The molecule has 0 spiro atoms. The molecule has 3 aromatic rings. The summed E-state index contributed by atoms with van der Waals surface area (Å²) < 4.78 is 0.903. The number of nitrogens with one attached hydrogen (secondary N) is 2. The molecule has 1 amide bonds. The van der Waals surface area contributed by atoms with Crippen LogP contribution in [0.5, 0.6) is 0 Å². The van der Waals surface area contributed by atoms with Crippen LogP contribution in [0.2, 0.25) is 5.02 Å². The van der Waals surface area contributed by atoms with Gasteiger partial charge in [-0.25, -0.2) is 4.98 Å². The Kier molecular flexibility index (Phi) is 5.32. The van der Waals surface area contributed by atoms with E-state index in [9.17, 15) is 4.79 Å². The number of carbonyl (C=O) groups excluding carboxylic acids is 1. The predicted octanol–water partition coefficient (Wildman–Crippen LogP) is 5.09. The number of hydrogen-bond donors (Lipinski definition) is 2. The van der Waals surface area contributed by atoms with Crippen LogP contribution in [0.3, 0.4) is 0 Å². The topological polar surface area (TPSA) is 54.0 Å². The van der Waals surface area contributed by atoms with E-state index in [4.69, 9.17) is 23.8 Å². The molecule has 0 aliphatic carbocycles. The van der Waals surface area contributed by atoms with Crippen molar-refractivity contribution in [2.24, 2.45) is 0 Å². The van der Waals surface area contributed by atoms with Crippen molar-refractivity contribution in [2.75, 3.05) is 5.32 Å². The number of benzene rings is 2. The molecule has 3 rings (SSSR count). The molecule has 25 heavy (non-hydrogen) atoms. The van der Waals surface area contributed by atoms with Gasteiger partial charge in [-0.3, -0.25) is 10.1 Å². The third-order valence-electron chi connectivity index (χ3n) is 3.60. The van der Waals surface area contributed by atoms with Gasteiger partial charge in [0.2, 0.25) is 0 Å². The molecule has 0 saturated carbocycles. The van der Waals surface area contributed by atoms with Gasteiger partial charge in [-0.05, 0) is 64.7 Å². The van der Waals surface area contributed by atoms with Gasteiger partial charge in [0.25, 0.3) is 5.91 Å². The first kappa shape index (κ1) is 17.8. The number of aromatic nitrogens is 1. The van der Waals surface area contributed by atoms with Crippen LogP contribution >= 0.6 is 39.7 Å². The summed E-state index contributed by atoms with van der Waals surface area (Å²) in [6.45, 7) is 1.87. The third-order valence-corrected chi connectivity index (χ3v) is 4.98. The van der Waals surface area contributed by atoms with Crippen LogP contribution in [0.25, 0.3) is 10.8 Å². The molecular weight excluding hydrogens is 422 g/mol. The Morgan fingerprint density at radius 2 is 1.84 bits per heavy atom. The summed E-state index contributed by atoms with van der Waals surface area (Å²) in [6, 6.07) is 14.5. The fourth-order valence-electron chi connectivity index (χ4n) is 2.40. The minimum Gasteiger partial charge on any atom is -0.317 e. The average molecular weight is 435 g/mol. The van der Waals surface area contributed by atoms with E-state index in [1.165, 1.54) is 0 Å². The van der Waals surface area contributed by atoms with Crippen molar-refractivity contribution < 1.29 is 4.79 Å². The summed E-state index contributed by atoms with van der Waals surface area (Å²) in [6.07, 6.45) is 0. The van der Waals surface area contributed by atoms with Gasteiger partial charge in [-0.2, -0.15) is 0 Å². The number of fused-ring (bicyclic) bond motifs is 1. The molecule has 0 bridgehead atoms. The highest BCUT2D eigenvalue weighted by atomic mass is 79.9. The maximum Gasteiger partial charge on any atom is 0.258 e. The molecular formula is C18H13BrClN3OS. The number of hydrogen-bond acceptors (Lipinski definition) is 3. The highest BCUT2D eigenvalue weighted by Gasteiger charge is 2.13. The van der Waals surface area contributed by atoms with E-state index in [2.05, 4.69) is 31.5 Å². The lowest BCUT2D eigenvalue weighted by molar-refractivity contribution is 0.0979. The molecule has 2 aromatic carbocycles. The van der Waals surface area contributed by atoms with Crippen molar-refractivity contribution in [3.8, 4) is 0 Å². The predicted molar refractivity (Wildman–Crippen MR) is 109 cm³/mol. The Bertz CT molecular complexity index is 993. The Morgan fingerprint density at radius 1 is 1.12 bits per heavy atom. The maximum atomic E-state index is 12.6. The van der Waals surface area contributed by atoms with Crippen molar-refractivity contribution in [1.82, 2.24) is 10.3 Å². The van der Waals surface area contributed by atoms with Crippen LogP contribution in [-0.4, -0.2) is 16.0 Å². The van der Waals surface area contributed by atoms with Crippen LogP contribution in [0.15, 0.2) is 53.0 Å². The zero-order valence-electron chi connectivity index (χ0n) is 13.1. The molecule has 126 valence electrons. The lowest BCUT2D eigenvalue weighted by Crippen LogP contribution is -2.34. The summed E-state index contributed by atoms with van der Waals surface area (Å²) in [5.41, 5.74) is 1.33. The van der Waals surface area contributed by atoms with Gasteiger partial charge in [0.05, 0.1) is 5.69 Å². The van der Waals surface area contributed by atoms with Crippen LogP contribution in [0, 0.1) is 6.92 Å². The Balaban J connectivity index is 1.79. The normalized spacial score (nSPS) is 10.5. The first-order valence-electron chi connectivity index (χ1n) is 7.38. The number of rotatable bonds is 2. The van der Waals surface area contributed by atoms with Crippen molar-refractivity contribution in [3.63, 3.8) is 0 Å². The fraction of sp³-hybridized carbons (Fsp3) is 0.0556. The van der Waals surface area contributed by atoms with Gasteiger partial charge < -0.3 is 5.32 Å². The molecule has 0 unspecified atom stereocenters. The first-order valence-corrected chi connectivity index (χ1v) is 8.96. The van der Waals surface area contributed by atoms with Gasteiger partial charge >= 0.3 is 0 Å². The van der Waals surface area contributed by atoms with E-state index in [-0.39, 0.29) is 11.0 Å². The molecule has 1 aromatic heterocycles. The highest BCUT2D eigenvalue weighted by molar-refractivity contribution is 9.10. The molecule has 1 heterocycles. The van der Waals surface area contributed by atoms with Crippen LogP contribution in [0.1, 0.15) is 16.1 Å². The van der Waals surface area contributed by atoms with Crippen molar-refractivity contribution >= 4 is 67.4 Å². The fourth-order valence-corrected chi connectivity index (χ4v) is 3.06. The molecule has 7 heteroatoms. The Morgan fingerprint density at radius 3 is 2.60 bits per heavy atom. The molecule has 0 aliphatic rings. The number of carbonyl (C=O) groups is 1. The summed E-state index contributed by atoms with van der Waals surface area (Å²) in [7, 11) is 0. The Hall–Kier alpha value is -2.02. The van der Waals surface area contributed by atoms with E-state index >= 15 is 0 Å². The zero-order valence-corrected chi connectivity index (χ0v) is 16.3. The molecule has 0 saturated heterocycles. The quantitative estimate of drug-likeness (QED) is 0.552. The van der Waals surface area contributed by atoms with Gasteiger partial charge in [0.15, 0.2) is 5.11 Å². The SMILES string of the molecule is Cc1nc(NC(=S)NC(=O)c2cccc3c(Cl)cccc23)ccc1Br. The standard InChI is InChI=1S/C18H13BrClN3OS/c1-10-14(19)8-9-16(21-10)22-18(25)23-17(24)13-6-2-5-12-11(13)4-3-7-15(12)20/h2-9H,1H3,(H2,21,22,23,24,25). The maximum absolute atomic E-state index is 12.6. The average Bonchev–Trinajstić information content (AvgIpc) is 2.58. The summed E-state index contributed by atoms with van der Waals surface area (Å²) in [5.74, 6) is 0.256. The van der Waals surface area contributed by atoms with Gasteiger partial charge in [-0.1, -0.05) is 35.9 Å². The number of halogens is 2. The minimum atomic E-state index is -0.306. The zero-order chi connectivity index (χ0) is 18.0. The molecule has 0 atom stereocenters. The molecule has 0 radical (unpaired) electrons. The largest absolute Gasteiger partial charge is 0.317 e. The molecule has 0 fully saturated rings. The van der Waals surface area contributed by atoms with Gasteiger partial charge in [0.1, 0.15) is 5.82 Å². The second-order valence-electron chi connectivity index (χ2n) is 5.31. The van der Waals surface area contributed by atoms with Crippen LogP contribution < -0.4 is 10.6 Å². The van der Waals surface area contributed by atoms with E-state index in [1.54, 1.807) is 24.3 Å². The van der Waals surface area contributed by atoms with E-state index in [0.717, 1.165) is 20.9 Å².